The second-order valence-electron chi connectivity index (χ2n) is 8.49. The predicted molar refractivity (Wildman–Crippen MR) is 116 cm³/mol. The molecule has 0 radical (unpaired) electrons. The lowest BCUT2D eigenvalue weighted by Gasteiger charge is -2.53. The number of β-lactam (4-membered cyclic amide) rings is 1. The van der Waals surface area contributed by atoms with Crippen LogP contribution in [0.4, 0.5) is 0 Å². The molecule has 7 nitrogen and oxygen atoms in total. The van der Waals surface area contributed by atoms with Gasteiger partial charge >= 0.3 is 5.97 Å². The predicted octanol–water partition coefficient (Wildman–Crippen LogP) is 1.84. The summed E-state index contributed by atoms with van der Waals surface area (Å²) in [7, 11) is 0. The minimum absolute atomic E-state index is 0.0518. The van der Waals surface area contributed by atoms with Crippen LogP contribution in [0.25, 0.3) is 6.08 Å². The summed E-state index contributed by atoms with van der Waals surface area (Å²) in [5.74, 6) is -1.62. The van der Waals surface area contributed by atoms with E-state index in [1.807, 2.05) is 54.9 Å². The minimum Gasteiger partial charge on any atom is -0.477 e. The second-order valence-corrected chi connectivity index (χ2v) is 8.49. The van der Waals surface area contributed by atoms with Gasteiger partial charge in [-0.3, -0.25) is 14.5 Å². The van der Waals surface area contributed by atoms with Crippen LogP contribution in [0.3, 0.4) is 0 Å². The van der Waals surface area contributed by atoms with Crippen molar-refractivity contribution in [2.75, 3.05) is 6.54 Å². The lowest BCUT2D eigenvalue weighted by Crippen LogP contribution is -2.73. The number of carboxylic acids is 1. The van der Waals surface area contributed by atoms with Gasteiger partial charge in [0.05, 0.1) is 6.04 Å². The lowest BCUT2D eigenvalue weighted by molar-refractivity contribution is -0.688. The van der Waals surface area contributed by atoms with Crippen molar-refractivity contribution in [3.8, 4) is 0 Å². The first-order valence-corrected chi connectivity index (χ1v) is 10.7. The molecular formula is C25H24N3O4+. The first-order chi connectivity index (χ1) is 15.5. The molecule has 2 fully saturated rings. The maximum absolute atomic E-state index is 12.7. The van der Waals surface area contributed by atoms with Gasteiger partial charge in [0.2, 0.25) is 5.91 Å². The van der Waals surface area contributed by atoms with Crippen LogP contribution in [0, 0.1) is 5.92 Å². The van der Waals surface area contributed by atoms with E-state index in [1.165, 1.54) is 17.4 Å². The number of nitrogens with zero attached hydrogens (tertiary/aromatic N) is 3. The quantitative estimate of drug-likeness (QED) is 0.580. The van der Waals surface area contributed by atoms with Crippen molar-refractivity contribution in [1.29, 1.82) is 0 Å². The molecule has 1 unspecified atom stereocenters. The number of aliphatic carboxylic acids is 1. The highest BCUT2D eigenvalue weighted by Gasteiger charge is 2.63. The zero-order chi connectivity index (χ0) is 22.4. The molecule has 1 aromatic heterocycles. The number of carboxylic acid groups (broad SMARTS) is 1. The van der Waals surface area contributed by atoms with Crippen molar-refractivity contribution < 1.29 is 24.1 Å². The number of hydrogen-bond acceptors (Lipinski definition) is 3. The molecule has 1 N–H and O–H groups in total. The van der Waals surface area contributed by atoms with Gasteiger partial charge in [0.1, 0.15) is 11.7 Å². The van der Waals surface area contributed by atoms with E-state index in [0.717, 1.165) is 12.1 Å². The van der Waals surface area contributed by atoms with E-state index >= 15 is 0 Å². The topological polar surface area (TPSA) is 81.8 Å². The van der Waals surface area contributed by atoms with Gasteiger partial charge in [-0.2, -0.15) is 0 Å². The Kier molecular flexibility index (Phi) is 4.89. The summed E-state index contributed by atoms with van der Waals surface area (Å²) in [6.45, 7) is 2.66. The molecule has 1 aromatic carbocycles. The Bertz CT molecular complexity index is 1170. The van der Waals surface area contributed by atoms with Gasteiger partial charge in [0.15, 0.2) is 18.9 Å². The van der Waals surface area contributed by atoms with Gasteiger partial charge in [-0.1, -0.05) is 36.4 Å². The van der Waals surface area contributed by atoms with Crippen molar-refractivity contribution in [2.24, 2.45) is 5.92 Å². The molecule has 2 amide bonds. The molecule has 7 heteroatoms. The largest absolute Gasteiger partial charge is 0.477 e. The number of hydrogen-bond donors (Lipinski definition) is 1. The molecule has 0 spiro atoms. The molecule has 0 bridgehead atoms. The molecule has 4 heterocycles. The Morgan fingerprint density at radius 2 is 1.94 bits per heavy atom. The summed E-state index contributed by atoms with van der Waals surface area (Å²) >= 11 is 0. The Labute approximate surface area is 185 Å². The number of rotatable bonds is 5. The number of carbonyl (C=O) groups excluding carboxylic acids is 2. The number of carbonyl (C=O) groups is 3. The molecule has 3 aliphatic heterocycles. The standard InChI is InChI=1S/C25H23N3O4/c1-16(29)27-13-11-20-19(22(25(31)32)28-21(20)23(27)24(28)30)10-9-18-8-5-12-26(15-18)14-17-6-3-2-4-7-17/h2-10,12,15,20-21,23H,11,13-14H2,1H3/p+1/b10-9+/t20?,21-,23+/m1/s1. The van der Waals surface area contributed by atoms with E-state index in [-0.39, 0.29) is 29.5 Å². The monoisotopic (exact) mass is 430 g/mol. The molecule has 162 valence electrons. The molecule has 3 aliphatic rings. The van der Waals surface area contributed by atoms with Crippen molar-refractivity contribution in [2.45, 2.75) is 32.0 Å². The molecule has 0 aliphatic carbocycles. The summed E-state index contributed by atoms with van der Waals surface area (Å²) in [4.78, 5) is 39.7. The number of pyridine rings is 1. The van der Waals surface area contributed by atoms with Crippen LogP contribution in [-0.2, 0) is 20.9 Å². The highest BCUT2D eigenvalue weighted by molar-refractivity contribution is 6.03. The average Bonchev–Trinajstić information content (AvgIpc) is 3.11. The fourth-order valence-corrected chi connectivity index (χ4v) is 5.22. The van der Waals surface area contributed by atoms with Crippen LogP contribution >= 0.6 is 0 Å². The fraction of sp³-hybridized carbons (Fsp3) is 0.280. The van der Waals surface area contributed by atoms with Crippen molar-refractivity contribution in [1.82, 2.24) is 9.80 Å². The SMILES string of the molecule is CC(=O)N1CCC2C(/C=C/c3ccc[n+](Cc4ccccc4)c3)=C(C(=O)O)N3C(=O)[C@@H]1[C@@H]23. The first kappa shape index (κ1) is 20.2. The van der Waals surface area contributed by atoms with Crippen molar-refractivity contribution in [3.63, 3.8) is 0 Å². The van der Waals surface area contributed by atoms with Crippen LogP contribution in [0.5, 0.6) is 0 Å². The van der Waals surface area contributed by atoms with Crippen LogP contribution in [-0.4, -0.2) is 51.3 Å². The van der Waals surface area contributed by atoms with E-state index < -0.39 is 12.0 Å². The molecule has 32 heavy (non-hydrogen) atoms. The molecule has 2 aromatic rings. The minimum atomic E-state index is -1.10. The summed E-state index contributed by atoms with van der Waals surface area (Å²) < 4.78 is 2.08. The Balaban J connectivity index is 1.43. The van der Waals surface area contributed by atoms with E-state index in [9.17, 15) is 19.5 Å². The highest BCUT2D eigenvalue weighted by atomic mass is 16.4. The molecule has 2 saturated heterocycles. The maximum atomic E-state index is 12.7. The highest BCUT2D eigenvalue weighted by Crippen LogP contribution is 2.49. The summed E-state index contributed by atoms with van der Waals surface area (Å²) in [5, 5.41) is 9.85. The smallest absolute Gasteiger partial charge is 0.352 e. The van der Waals surface area contributed by atoms with Gasteiger partial charge in [0.25, 0.3) is 5.91 Å². The van der Waals surface area contributed by atoms with Crippen molar-refractivity contribution >= 4 is 23.9 Å². The summed E-state index contributed by atoms with van der Waals surface area (Å²) in [5.41, 5.74) is 2.85. The van der Waals surface area contributed by atoms with Crippen LogP contribution in [0.15, 0.2) is 72.2 Å². The molecular weight excluding hydrogens is 406 g/mol. The normalized spacial score (nSPS) is 24.0. The molecule has 5 rings (SSSR count). The van der Waals surface area contributed by atoms with E-state index in [4.69, 9.17) is 0 Å². The van der Waals surface area contributed by atoms with E-state index in [1.54, 1.807) is 4.90 Å². The number of piperidine rings is 1. The zero-order valence-corrected chi connectivity index (χ0v) is 17.7. The third-order valence-corrected chi connectivity index (χ3v) is 6.61. The van der Waals surface area contributed by atoms with Gasteiger partial charge in [-0.05, 0) is 24.1 Å². The van der Waals surface area contributed by atoms with E-state index in [2.05, 4.69) is 16.7 Å². The third kappa shape index (κ3) is 3.21. The van der Waals surface area contributed by atoms with Gasteiger partial charge in [0, 0.05) is 36.6 Å². The number of likely N-dealkylation sites (tertiary alicyclic amines) is 1. The Morgan fingerprint density at radius 1 is 1.16 bits per heavy atom. The zero-order valence-electron chi connectivity index (χ0n) is 17.7. The van der Waals surface area contributed by atoms with Crippen LogP contribution in [0.2, 0.25) is 0 Å². The van der Waals surface area contributed by atoms with Gasteiger partial charge in [-0.25, -0.2) is 9.36 Å². The number of allylic oxidation sites excluding steroid dienone is 1. The third-order valence-electron chi connectivity index (χ3n) is 6.61. The fourth-order valence-electron chi connectivity index (χ4n) is 5.22. The number of amides is 2. The van der Waals surface area contributed by atoms with Crippen molar-refractivity contribution in [3.05, 3.63) is 83.3 Å². The number of aromatic nitrogens is 1. The van der Waals surface area contributed by atoms with E-state index in [0.29, 0.717) is 18.5 Å². The van der Waals surface area contributed by atoms with Gasteiger partial charge < -0.3 is 10.0 Å². The Morgan fingerprint density at radius 3 is 2.66 bits per heavy atom. The second kappa shape index (κ2) is 7.75. The summed E-state index contributed by atoms with van der Waals surface area (Å²) in [6, 6.07) is 13.3. The number of benzene rings is 1. The molecule has 3 atom stereocenters. The van der Waals surface area contributed by atoms with Crippen LogP contribution in [0.1, 0.15) is 24.5 Å². The maximum Gasteiger partial charge on any atom is 0.352 e. The lowest BCUT2D eigenvalue weighted by atomic mass is 9.78. The summed E-state index contributed by atoms with van der Waals surface area (Å²) in [6.07, 6.45) is 8.39. The van der Waals surface area contributed by atoms with Gasteiger partial charge in [-0.15, -0.1) is 0 Å². The first-order valence-electron chi connectivity index (χ1n) is 10.7. The Hall–Kier alpha value is -3.74. The average molecular weight is 430 g/mol. The molecule has 0 saturated carbocycles. The van der Waals surface area contributed by atoms with Crippen LogP contribution < -0.4 is 4.57 Å².